The van der Waals surface area contributed by atoms with Crippen LogP contribution in [0.3, 0.4) is 0 Å². The second kappa shape index (κ2) is 9.95. The molecular formula is C25H18F3N5O. The van der Waals surface area contributed by atoms with Crippen molar-refractivity contribution < 1.29 is 18.0 Å². The van der Waals surface area contributed by atoms with E-state index in [2.05, 4.69) is 25.6 Å². The van der Waals surface area contributed by atoms with Crippen LogP contribution in [0.25, 0.3) is 12.2 Å². The summed E-state index contributed by atoms with van der Waals surface area (Å²) >= 11 is 0. The molecule has 2 aromatic heterocycles. The van der Waals surface area contributed by atoms with Crippen LogP contribution in [-0.4, -0.2) is 20.9 Å². The van der Waals surface area contributed by atoms with Crippen LogP contribution in [0.5, 0.6) is 0 Å². The molecule has 170 valence electrons. The Labute approximate surface area is 193 Å². The van der Waals surface area contributed by atoms with Crippen molar-refractivity contribution in [3.63, 3.8) is 0 Å². The first-order chi connectivity index (χ1) is 16.4. The number of nitrogens with zero attached hydrogens (tertiary/aromatic N) is 3. The van der Waals surface area contributed by atoms with Crippen LogP contribution in [0.2, 0.25) is 0 Å². The molecular weight excluding hydrogens is 443 g/mol. The number of hydrogen-bond acceptors (Lipinski definition) is 5. The normalized spacial score (nSPS) is 11.4. The molecule has 4 aromatic rings. The van der Waals surface area contributed by atoms with Crippen LogP contribution < -0.4 is 10.6 Å². The number of amides is 1. The zero-order chi connectivity index (χ0) is 24.0. The smallest absolute Gasteiger partial charge is 0.323 e. The fraction of sp³-hybridized carbons (Fsp3) is 0.0400. The fourth-order valence-electron chi connectivity index (χ4n) is 3.01. The van der Waals surface area contributed by atoms with Gasteiger partial charge in [0.05, 0.1) is 17.4 Å². The fourth-order valence-corrected chi connectivity index (χ4v) is 3.01. The van der Waals surface area contributed by atoms with E-state index in [1.807, 2.05) is 24.3 Å². The molecule has 0 radical (unpaired) electrons. The molecule has 0 unspecified atom stereocenters. The summed E-state index contributed by atoms with van der Waals surface area (Å²) < 4.78 is 38.7. The third-order valence-electron chi connectivity index (χ3n) is 4.65. The lowest BCUT2D eigenvalue weighted by molar-refractivity contribution is -0.137. The van der Waals surface area contributed by atoms with E-state index in [1.165, 1.54) is 12.1 Å². The van der Waals surface area contributed by atoms with Crippen molar-refractivity contribution in [1.82, 2.24) is 15.0 Å². The maximum Gasteiger partial charge on any atom is 0.416 e. The number of hydrogen-bond donors (Lipinski definition) is 2. The van der Waals surface area contributed by atoms with Crippen molar-refractivity contribution in [3.8, 4) is 0 Å². The minimum atomic E-state index is -4.52. The summed E-state index contributed by atoms with van der Waals surface area (Å²) in [7, 11) is 0. The zero-order valence-corrected chi connectivity index (χ0v) is 17.6. The lowest BCUT2D eigenvalue weighted by atomic mass is 10.1. The Hall–Kier alpha value is -4.53. The highest BCUT2D eigenvalue weighted by Gasteiger charge is 2.30. The molecule has 2 aromatic carbocycles. The van der Waals surface area contributed by atoms with Gasteiger partial charge in [-0.1, -0.05) is 30.4 Å². The van der Waals surface area contributed by atoms with Crippen LogP contribution in [0.4, 0.5) is 30.5 Å². The molecule has 2 N–H and O–H groups in total. The molecule has 34 heavy (non-hydrogen) atoms. The summed E-state index contributed by atoms with van der Waals surface area (Å²) in [5.74, 6) is -0.193. The molecule has 0 aliphatic rings. The molecule has 4 rings (SSSR count). The highest BCUT2D eigenvalue weighted by molar-refractivity contribution is 6.04. The van der Waals surface area contributed by atoms with E-state index in [1.54, 1.807) is 49.1 Å². The minimum absolute atomic E-state index is 0.0760. The first kappa shape index (κ1) is 22.7. The lowest BCUT2D eigenvalue weighted by Crippen LogP contribution is -2.13. The first-order valence-corrected chi connectivity index (χ1v) is 10.1. The Morgan fingerprint density at radius 3 is 2.29 bits per heavy atom. The van der Waals surface area contributed by atoms with Crippen molar-refractivity contribution in [2.75, 3.05) is 10.6 Å². The van der Waals surface area contributed by atoms with E-state index in [4.69, 9.17) is 0 Å². The lowest BCUT2D eigenvalue weighted by Gasteiger charge is -2.09. The number of rotatable bonds is 6. The maximum absolute atomic E-state index is 12.9. The number of carbonyl (C=O) groups excluding carboxylic acids is 1. The Morgan fingerprint density at radius 2 is 1.56 bits per heavy atom. The largest absolute Gasteiger partial charge is 0.416 e. The number of aromatic nitrogens is 3. The summed E-state index contributed by atoms with van der Waals surface area (Å²) in [6.45, 7) is 0. The van der Waals surface area contributed by atoms with Crippen molar-refractivity contribution in [2.24, 2.45) is 0 Å². The van der Waals surface area contributed by atoms with Gasteiger partial charge in [0.1, 0.15) is 0 Å². The van der Waals surface area contributed by atoms with E-state index >= 15 is 0 Å². The molecule has 6 nitrogen and oxygen atoms in total. The molecule has 0 atom stereocenters. The van der Waals surface area contributed by atoms with E-state index in [9.17, 15) is 18.0 Å². The van der Waals surface area contributed by atoms with Crippen LogP contribution in [0, 0.1) is 0 Å². The summed E-state index contributed by atoms with van der Waals surface area (Å²) in [4.78, 5) is 25.0. The van der Waals surface area contributed by atoms with Crippen molar-refractivity contribution in [1.29, 1.82) is 0 Å². The van der Waals surface area contributed by atoms with Crippen LogP contribution in [0.1, 0.15) is 27.0 Å². The van der Waals surface area contributed by atoms with E-state index in [0.29, 0.717) is 11.6 Å². The van der Waals surface area contributed by atoms with Crippen LogP contribution in [0.15, 0.2) is 85.5 Å². The van der Waals surface area contributed by atoms with Gasteiger partial charge in [-0.05, 0) is 48.0 Å². The number of benzene rings is 2. The van der Waals surface area contributed by atoms with E-state index in [0.717, 1.165) is 28.9 Å². The summed E-state index contributed by atoms with van der Waals surface area (Å²) in [6.07, 6.45) is 5.75. The van der Waals surface area contributed by atoms with Crippen molar-refractivity contribution >= 4 is 35.4 Å². The molecule has 0 fully saturated rings. The molecule has 0 saturated carbocycles. The zero-order valence-electron chi connectivity index (χ0n) is 17.6. The molecule has 2 heterocycles. The number of anilines is 3. The van der Waals surface area contributed by atoms with Gasteiger partial charge in [0.15, 0.2) is 0 Å². The SMILES string of the molecule is O=C(Nc1cccc(C=Cc2cnc(Nc3cccnc3)nc2)c1)c1cccc(C(F)(F)F)c1. The van der Waals surface area contributed by atoms with E-state index in [-0.39, 0.29) is 5.56 Å². The number of halogens is 3. The quantitative estimate of drug-likeness (QED) is 0.365. The van der Waals surface area contributed by atoms with Crippen LogP contribution >= 0.6 is 0 Å². The second-order valence-electron chi connectivity index (χ2n) is 7.20. The summed E-state index contributed by atoms with van der Waals surface area (Å²) in [5.41, 5.74) is 1.81. The van der Waals surface area contributed by atoms with Gasteiger partial charge < -0.3 is 10.6 Å². The number of carbonyl (C=O) groups is 1. The number of nitrogens with one attached hydrogen (secondary N) is 2. The number of pyridine rings is 1. The van der Waals surface area contributed by atoms with Crippen LogP contribution in [-0.2, 0) is 6.18 Å². The van der Waals surface area contributed by atoms with Gasteiger partial charge >= 0.3 is 6.18 Å². The maximum atomic E-state index is 12.9. The molecule has 9 heteroatoms. The van der Waals surface area contributed by atoms with Gasteiger partial charge in [0, 0.05) is 35.4 Å². The highest BCUT2D eigenvalue weighted by atomic mass is 19.4. The number of alkyl halides is 3. The second-order valence-corrected chi connectivity index (χ2v) is 7.20. The van der Waals surface area contributed by atoms with Gasteiger partial charge in [-0.3, -0.25) is 9.78 Å². The van der Waals surface area contributed by atoms with Gasteiger partial charge in [0.25, 0.3) is 5.91 Å². The Kier molecular flexibility index (Phi) is 6.63. The molecule has 0 aliphatic heterocycles. The predicted octanol–water partition coefficient (Wildman–Crippen LogP) is 6.06. The van der Waals surface area contributed by atoms with Gasteiger partial charge in [-0.25, -0.2) is 9.97 Å². The van der Waals surface area contributed by atoms with Gasteiger partial charge in [-0.15, -0.1) is 0 Å². The molecule has 0 saturated heterocycles. The van der Waals surface area contributed by atoms with Crippen molar-refractivity contribution in [2.45, 2.75) is 6.18 Å². The molecule has 0 aliphatic carbocycles. The first-order valence-electron chi connectivity index (χ1n) is 10.1. The summed E-state index contributed by atoms with van der Waals surface area (Å²) in [5, 5.41) is 5.67. The average Bonchev–Trinajstić information content (AvgIpc) is 2.84. The minimum Gasteiger partial charge on any atom is -0.323 e. The highest BCUT2D eigenvalue weighted by Crippen LogP contribution is 2.29. The van der Waals surface area contributed by atoms with E-state index < -0.39 is 17.6 Å². The average molecular weight is 461 g/mol. The molecule has 0 bridgehead atoms. The Bertz CT molecular complexity index is 1310. The Balaban J connectivity index is 1.41. The van der Waals surface area contributed by atoms with Gasteiger partial charge in [0.2, 0.25) is 5.95 Å². The van der Waals surface area contributed by atoms with Crippen molar-refractivity contribution in [3.05, 3.63) is 108 Å². The topological polar surface area (TPSA) is 79.8 Å². The summed E-state index contributed by atoms with van der Waals surface area (Å²) in [6, 6.07) is 14.9. The third kappa shape index (κ3) is 6.04. The predicted molar refractivity (Wildman–Crippen MR) is 124 cm³/mol. The monoisotopic (exact) mass is 461 g/mol. The standard InChI is InChI=1S/C25H18F3N5O/c26-25(27,28)20-6-2-5-19(13-20)23(34)32-21-7-1-4-17(12-21)9-10-18-14-30-24(31-15-18)33-22-8-3-11-29-16-22/h1-16H,(H,32,34)(H,30,31,33). The molecule has 0 spiro atoms. The molecule has 1 amide bonds. The Morgan fingerprint density at radius 1 is 0.824 bits per heavy atom. The third-order valence-corrected chi connectivity index (χ3v) is 4.65. The van der Waals surface area contributed by atoms with Gasteiger partial charge in [-0.2, -0.15) is 13.2 Å².